The van der Waals surface area contributed by atoms with Crippen molar-refractivity contribution in [1.82, 2.24) is 4.98 Å². The Morgan fingerprint density at radius 2 is 1.64 bits per heavy atom. The number of nitrogens with one attached hydrogen (secondary N) is 1. The van der Waals surface area contributed by atoms with Gasteiger partial charge in [-0.25, -0.2) is 0 Å². The van der Waals surface area contributed by atoms with Crippen LogP contribution in [0.15, 0.2) is 66.7 Å². The van der Waals surface area contributed by atoms with Crippen LogP contribution in [-0.2, 0) is 0 Å². The summed E-state index contributed by atoms with van der Waals surface area (Å²) in [5.74, 6) is 0.0280. The van der Waals surface area contributed by atoms with Crippen LogP contribution in [0.1, 0.15) is 21.6 Å². The van der Waals surface area contributed by atoms with E-state index in [4.69, 9.17) is 0 Å². The van der Waals surface area contributed by atoms with Crippen LogP contribution in [0.2, 0.25) is 0 Å². The third kappa shape index (κ3) is 2.01. The number of hydrogen-bond donors (Lipinski definition) is 1. The van der Waals surface area contributed by atoms with Gasteiger partial charge in [-0.2, -0.15) is 0 Å². The lowest BCUT2D eigenvalue weighted by Gasteiger charge is -1.98. The van der Waals surface area contributed by atoms with E-state index in [9.17, 15) is 4.79 Å². The predicted molar refractivity (Wildman–Crippen MR) is 90.4 cm³/mol. The first-order valence-electron chi connectivity index (χ1n) is 7.34. The Labute approximate surface area is 128 Å². The predicted octanol–water partition coefficient (Wildman–Crippen LogP) is 4.86. The van der Waals surface area contributed by atoms with E-state index in [-0.39, 0.29) is 5.78 Å². The van der Waals surface area contributed by atoms with Crippen molar-refractivity contribution in [2.24, 2.45) is 0 Å². The molecule has 4 aromatic rings. The lowest BCUT2D eigenvalue weighted by Crippen LogP contribution is -2.01. The highest BCUT2D eigenvalue weighted by Crippen LogP contribution is 2.26. The molecule has 0 amide bonds. The number of H-pyrrole nitrogens is 1. The van der Waals surface area contributed by atoms with Crippen molar-refractivity contribution in [3.63, 3.8) is 0 Å². The average molecular weight is 285 g/mol. The summed E-state index contributed by atoms with van der Waals surface area (Å²) >= 11 is 0. The number of aryl methyl sites for hydroxylation is 1. The summed E-state index contributed by atoms with van der Waals surface area (Å²) in [6.45, 7) is 2.02. The molecule has 3 aromatic carbocycles. The molecular formula is C20H15NO. The molecule has 0 spiro atoms. The van der Waals surface area contributed by atoms with Gasteiger partial charge in [0.15, 0.2) is 0 Å². The average Bonchev–Trinajstić information content (AvgIpc) is 2.99. The second kappa shape index (κ2) is 4.85. The van der Waals surface area contributed by atoms with Crippen LogP contribution in [0.4, 0.5) is 0 Å². The maximum Gasteiger partial charge on any atom is 0.209 e. The molecule has 0 unspecified atom stereocenters. The number of fused-ring (bicyclic) bond motifs is 3. The van der Waals surface area contributed by atoms with Crippen molar-refractivity contribution in [3.8, 4) is 0 Å². The molecule has 0 bridgehead atoms. The smallest absolute Gasteiger partial charge is 0.209 e. The number of carbonyl (C=O) groups is 1. The van der Waals surface area contributed by atoms with Gasteiger partial charge in [-0.3, -0.25) is 4.79 Å². The van der Waals surface area contributed by atoms with Crippen molar-refractivity contribution in [2.75, 3.05) is 0 Å². The van der Waals surface area contributed by atoms with Gasteiger partial charge in [0, 0.05) is 16.5 Å². The van der Waals surface area contributed by atoms with Crippen LogP contribution in [0.25, 0.3) is 21.7 Å². The zero-order valence-electron chi connectivity index (χ0n) is 12.3. The van der Waals surface area contributed by atoms with Crippen molar-refractivity contribution >= 4 is 27.5 Å². The molecule has 0 fully saturated rings. The molecule has 1 heterocycles. The van der Waals surface area contributed by atoms with E-state index >= 15 is 0 Å². The minimum atomic E-state index is 0.0280. The highest BCUT2D eigenvalue weighted by Gasteiger charge is 2.13. The number of ketones is 1. The summed E-state index contributed by atoms with van der Waals surface area (Å²) in [6, 6.07) is 22.0. The Hall–Kier alpha value is -2.87. The summed E-state index contributed by atoms with van der Waals surface area (Å²) in [5, 5.41) is 3.44. The summed E-state index contributed by atoms with van der Waals surface area (Å²) in [6.07, 6.45) is 0. The van der Waals surface area contributed by atoms with Crippen LogP contribution < -0.4 is 0 Å². The molecule has 22 heavy (non-hydrogen) atoms. The maximum atomic E-state index is 12.6. The second-order valence-corrected chi connectivity index (χ2v) is 5.63. The fourth-order valence-corrected chi connectivity index (χ4v) is 2.87. The van der Waals surface area contributed by atoms with E-state index in [1.54, 1.807) is 0 Å². The number of benzene rings is 3. The fourth-order valence-electron chi connectivity index (χ4n) is 2.87. The summed E-state index contributed by atoms with van der Waals surface area (Å²) in [5.41, 5.74) is 3.49. The first-order chi connectivity index (χ1) is 10.7. The monoisotopic (exact) mass is 285 g/mol. The molecule has 0 radical (unpaired) electrons. The first-order valence-corrected chi connectivity index (χ1v) is 7.34. The summed E-state index contributed by atoms with van der Waals surface area (Å²) < 4.78 is 0. The van der Waals surface area contributed by atoms with Gasteiger partial charge in [0.2, 0.25) is 5.78 Å². The van der Waals surface area contributed by atoms with Crippen molar-refractivity contribution in [2.45, 2.75) is 6.92 Å². The minimum absolute atomic E-state index is 0.0280. The molecule has 0 saturated carbocycles. The van der Waals surface area contributed by atoms with Crippen LogP contribution in [0.5, 0.6) is 0 Å². The molecule has 106 valence electrons. The van der Waals surface area contributed by atoms with Crippen molar-refractivity contribution < 1.29 is 4.79 Å². The van der Waals surface area contributed by atoms with Crippen LogP contribution in [-0.4, -0.2) is 10.8 Å². The largest absolute Gasteiger partial charge is 0.352 e. The second-order valence-electron chi connectivity index (χ2n) is 5.63. The number of hydrogen-bond acceptors (Lipinski definition) is 1. The molecule has 4 rings (SSSR count). The Morgan fingerprint density at radius 1 is 0.864 bits per heavy atom. The molecule has 0 aliphatic heterocycles. The SMILES string of the molecule is Cc1ccc(C(=O)c2cc3c(ccc4ccccc43)[nH]2)cc1. The van der Waals surface area contributed by atoms with Gasteiger partial charge in [-0.05, 0) is 29.8 Å². The van der Waals surface area contributed by atoms with Gasteiger partial charge in [0.25, 0.3) is 0 Å². The molecule has 0 aliphatic carbocycles. The van der Waals surface area contributed by atoms with E-state index in [1.165, 1.54) is 10.8 Å². The molecule has 2 heteroatoms. The zero-order chi connectivity index (χ0) is 15.1. The standard InChI is InChI=1S/C20H15NO/c1-13-6-8-15(9-7-13)20(22)19-12-17-16-5-3-2-4-14(16)10-11-18(17)21-19/h2-12,21H,1H3. The molecule has 1 N–H and O–H groups in total. The lowest BCUT2D eigenvalue weighted by atomic mass is 10.0. The van der Waals surface area contributed by atoms with E-state index in [0.29, 0.717) is 11.3 Å². The van der Waals surface area contributed by atoms with E-state index in [2.05, 4.69) is 23.2 Å². The Balaban J connectivity index is 1.87. The van der Waals surface area contributed by atoms with Gasteiger partial charge in [0.1, 0.15) is 0 Å². The highest BCUT2D eigenvalue weighted by atomic mass is 16.1. The fraction of sp³-hybridized carbons (Fsp3) is 0.0500. The van der Waals surface area contributed by atoms with Gasteiger partial charge < -0.3 is 4.98 Å². The van der Waals surface area contributed by atoms with Gasteiger partial charge >= 0.3 is 0 Å². The Kier molecular flexibility index (Phi) is 2.83. The normalized spacial score (nSPS) is 11.1. The quantitative estimate of drug-likeness (QED) is 0.524. The van der Waals surface area contributed by atoms with Gasteiger partial charge in [0.05, 0.1) is 5.69 Å². The number of aromatic nitrogens is 1. The van der Waals surface area contributed by atoms with Crippen molar-refractivity contribution in [3.05, 3.63) is 83.6 Å². The van der Waals surface area contributed by atoms with Crippen LogP contribution in [0.3, 0.4) is 0 Å². The Bertz CT molecular complexity index is 993. The highest BCUT2D eigenvalue weighted by molar-refractivity contribution is 6.14. The summed E-state index contributed by atoms with van der Waals surface area (Å²) in [7, 11) is 0. The summed E-state index contributed by atoms with van der Waals surface area (Å²) in [4.78, 5) is 15.9. The molecule has 0 aliphatic rings. The molecule has 0 saturated heterocycles. The molecule has 2 nitrogen and oxygen atoms in total. The molecule has 0 atom stereocenters. The van der Waals surface area contributed by atoms with Gasteiger partial charge in [-0.15, -0.1) is 0 Å². The minimum Gasteiger partial charge on any atom is -0.352 e. The molecule has 1 aromatic heterocycles. The van der Waals surface area contributed by atoms with E-state index in [0.717, 1.165) is 16.5 Å². The third-order valence-electron chi connectivity index (χ3n) is 4.09. The third-order valence-corrected chi connectivity index (χ3v) is 4.09. The van der Waals surface area contributed by atoms with E-state index in [1.807, 2.05) is 55.5 Å². The van der Waals surface area contributed by atoms with Crippen LogP contribution in [0, 0.1) is 6.92 Å². The number of aromatic amines is 1. The Morgan fingerprint density at radius 3 is 2.45 bits per heavy atom. The van der Waals surface area contributed by atoms with Gasteiger partial charge in [-0.1, -0.05) is 60.2 Å². The van der Waals surface area contributed by atoms with Crippen LogP contribution >= 0.6 is 0 Å². The topological polar surface area (TPSA) is 32.9 Å². The zero-order valence-corrected chi connectivity index (χ0v) is 12.3. The lowest BCUT2D eigenvalue weighted by molar-refractivity contribution is 0.103. The maximum absolute atomic E-state index is 12.6. The van der Waals surface area contributed by atoms with Crippen molar-refractivity contribution in [1.29, 1.82) is 0 Å². The molecular weight excluding hydrogens is 270 g/mol. The van der Waals surface area contributed by atoms with E-state index < -0.39 is 0 Å². The number of rotatable bonds is 2. The first kappa shape index (κ1) is 12.8. The number of carbonyl (C=O) groups excluding carboxylic acids is 1.